The molecule has 2 aliphatic rings. The summed E-state index contributed by atoms with van der Waals surface area (Å²) in [5.74, 6) is 0.689. The fourth-order valence-corrected chi connectivity index (χ4v) is 3.06. The average Bonchev–Trinajstić information content (AvgIpc) is 2.40. The predicted octanol–water partition coefficient (Wildman–Crippen LogP) is 2.35. The van der Waals surface area contributed by atoms with E-state index in [2.05, 4.69) is 12.2 Å². The molecule has 0 radical (unpaired) electrons. The summed E-state index contributed by atoms with van der Waals surface area (Å²) in [5.41, 5.74) is 0. The molecule has 1 N–H and O–H groups in total. The van der Waals surface area contributed by atoms with Gasteiger partial charge in [0.1, 0.15) is 0 Å². The summed E-state index contributed by atoms with van der Waals surface area (Å²) in [6, 6.07) is 0.586. The van der Waals surface area contributed by atoms with Crippen molar-refractivity contribution in [2.45, 2.75) is 57.6 Å². The van der Waals surface area contributed by atoms with E-state index in [1.807, 2.05) is 0 Å². The van der Waals surface area contributed by atoms with Crippen LogP contribution in [0.25, 0.3) is 0 Å². The van der Waals surface area contributed by atoms with Crippen LogP contribution in [0.5, 0.6) is 0 Å². The van der Waals surface area contributed by atoms with Gasteiger partial charge in [0.25, 0.3) is 0 Å². The molecular weight excluding hydrogens is 214 g/mol. The van der Waals surface area contributed by atoms with Crippen molar-refractivity contribution in [3.8, 4) is 0 Å². The van der Waals surface area contributed by atoms with Gasteiger partial charge in [-0.2, -0.15) is 0 Å². The summed E-state index contributed by atoms with van der Waals surface area (Å²) in [7, 11) is 0. The number of nitrogens with one attached hydrogen (secondary N) is 1. The van der Waals surface area contributed by atoms with E-state index in [0.29, 0.717) is 18.1 Å². The van der Waals surface area contributed by atoms with Crippen molar-refractivity contribution in [3.05, 3.63) is 0 Å². The number of hydrogen-bond donors (Lipinski definition) is 1. The van der Waals surface area contributed by atoms with Gasteiger partial charge in [0.05, 0.1) is 12.7 Å². The van der Waals surface area contributed by atoms with Gasteiger partial charge in [0.15, 0.2) is 0 Å². The quantitative estimate of drug-likeness (QED) is 0.801. The van der Waals surface area contributed by atoms with E-state index < -0.39 is 0 Å². The standard InChI is InChI=1S/C14H27NO2/c1-2-15-14(12-6-5-8-16-11-12)10-13-7-3-4-9-17-13/h12-15H,2-11H2,1H3. The van der Waals surface area contributed by atoms with Gasteiger partial charge in [-0.25, -0.2) is 0 Å². The van der Waals surface area contributed by atoms with E-state index in [1.165, 1.54) is 38.5 Å². The lowest BCUT2D eigenvalue weighted by molar-refractivity contribution is -0.0131. The Morgan fingerprint density at radius 2 is 2.12 bits per heavy atom. The van der Waals surface area contributed by atoms with Crippen LogP contribution in [0.15, 0.2) is 0 Å². The lowest BCUT2D eigenvalue weighted by atomic mass is 9.88. The van der Waals surface area contributed by atoms with Crippen LogP contribution in [0.1, 0.15) is 45.4 Å². The molecule has 0 bridgehead atoms. The molecule has 0 saturated carbocycles. The molecule has 17 heavy (non-hydrogen) atoms. The van der Waals surface area contributed by atoms with E-state index >= 15 is 0 Å². The highest BCUT2D eigenvalue weighted by Crippen LogP contribution is 2.24. The van der Waals surface area contributed by atoms with Gasteiger partial charge in [0, 0.05) is 19.3 Å². The molecule has 2 saturated heterocycles. The van der Waals surface area contributed by atoms with Crippen LogP contribution in [-0.2, 0) is 9.47 Å². The Hall–Kier alpha value is -0.120. The maximum atomic E-state index is 5.86. The molecular formula is C14H27NO2. The molecule has 3 unspecified atom stereocenters. The summed E-state index contributed by atoms with van der Waals surface area (Å²) in [4.78, 5) is 0. The second-order valence-electron chi connectivity index (χ2n) is 5.37. The summed E-state index contributed by atoms with van der Waals surface area (Å²) in [6.45, 7) is 6.09. The summed E-state index contributed by atoms with van der Waals surface area (Å²) >= 11 is 0. The highest BCUT2D eigenvalue weighted by molar-refractivity contribution is 4.82. The first-order chi connectivity index (χ1) is 8.40. The molecule has 0 aromatic rings. The van der Waals surface area contributed by atoms with Gasteiger partial charge >= 0.3 is 0 Å². The zero-order valence-electron chi connectivity index (χ0n) is 11.1. The smallest absolute Gasteiger partial charge is 0.0590 e. The van der Waals surface area contributed by atoms with Crippen molar-refractivity contribution >= 4 is 0 Å². The highest BCUT2D eigenvalue weighted by atomic mass is 16.5. The fraction of sp³-hybridized carbons (Fsp3) is 1.00. The molecule has 2 fully saturated rings. The van der Waals surface area contributed by atoms with Crippen molar-refractivity contribution in [2.75, 3.05) is 26.4 Å². The Balaban J connectivity index is 1.81. The Morgan fingerprint density at radius 1 is 1.18 bits per heavy atom. The van der Waals surface area contributed by atoms with Gasteiger partial charge in [-0.15, -0.1) is 0 Å². The van der Waals surface area contributed by atoms with Crippen LogP contribution in [0.4, 0.5) is 0 Å². The molecule has 0 amide bonds. The van der Waals surface area contributed by atoms with Gasteiger partial charge in [-0.3, -0.25) is 0 Å². The molecule has 3 atom stereocenters. The molecule has 2 heterocycles. The Labute approximate surface area is 105 Å². The van der Waals surface area contributed by atoms with Crippen LogP contribution < -0.4 is 5.32 Å². The van der Waals surface area contributed by atoms with E-state index in [-0.39, 0.29) is 0 Å². The lowest BCUT2D eigenvalue weighted by Gasteiger charge is -2.34. The SMILES string of the molecule is CCNC(CC1CCCCO1)C1CCCOC1. The molecule has 0 aromatic carbocycles. The number of rotatable bonds is 5. The third kappa shape index (κ3) is 4.23. The summed E-state index contributed by atoms with van der Waals surface area (Å²) in [6.07, 6.45) is 8.01. The zero-order valence-corrected chi connectivity index (χ0v) is 11.1. The first kappa shape index (κ1) is 13.3. The Morgan fingerprint density at radius 3 is 2.76 bits per heavy atom. The van der Waals surface area contributed by atoms with E-state index in [0.717, 1.165) is 26.4 Å². The summed E-state index contributed by atoms with van der Waals surface area (Å²) in [5, 5.41) is 3.64. The van der Waals surface area contributed by atoms with Crippen molar-refractivity contribution in [1.82, 2.24) is 5.32 Å². The molecule has 0 aliphatic carbocycles. The molecule has 100 valence electrons. The Kier molecular flexibility index (Phi) is 5.75. The van der Waals surface area contributed by atoms with Gasteiger partial charge in [-0.05, 0) is 51.0 Å². The van der Waals surface area contributed by atoms with E-state index in [4.69, 9.17) is 9.47 Å². The maximum absolute atomic E-state index is 5.86. The van der Waals surface area contributed by atoms with E-state index in [1.54, 1.807) is 0 Å². The van der Waals surface area contributed by atoms with Gasteiger partial charge in [0.2, 0.25) is 0 Å². The van der Waals surface area contributed by atoms with Gasteiger partial charge in [-0.1, -0.05) is 6.92 Å². The second kappa shape index (κ2) is 7.34. The van der Waals surface area contributed by atoms with Crippen LogP contribution >= 0.6 is 0 Å². The van der Waals surface area contributed by atoms with Crippen LogP contribution in [-0.4, -0.2) is 38.5 Å². The molecule has 0 aromatic heterocycles. The molecule has 3 heteroatoms. The third-order valence-electron chi connectivity index (χ3n) is 4.02. The number of ether oxygens (including phenoxy) is 2. The van der Waals surface area contributed by atoms with Crippen LogP contribution in [0.2, 0.25) is 0 Å². The van der Waals surface area contributed by atoms with Crippen molar-refractivity contribution in [1.29, 1.82) is 0 Å². The largest absolute Gasteiger partial charge is 0.381 e. The first-order valence-corrected chi connectivity index (χ1v) is 7.33. The number of hydrogen-bond acceptors (Lipinski definition) is 3. The molecule has 2 aliphatic heterocycles. The van der Waals surface area contributed by atoms with Crippen molar-refractivity contribution in [2.24, 2.45) is 5.92 Å². The minimum Gasteiger partial charge on any atom is -0.381 e. The average molecular weight is 241 g/mol. The highest BCUT2D eigenvalue weighted by Gasteiger charge is 2.27. The van der Waals surface area contributed by atoms with Crippen LogP contribution in [0, 0.1) is 5.92 Å². The maximum Gasteiger partial charge on any atom is 0.0590 e. The minimum absolute atomic E-state index is 0.481. The zero-order chi connectivity index (χ0) is 11.9. The molecule has 2 rings (SSSR count). The second-order valence-corrected chi connectivity index (χ2v) is 5.37. The third-order valence-corrected chi connectivity index (χ3v) is 4.02. The fourth-order valence-electron chi connectivity index (χ4n) is 3.06. The molecule has 0 spiro atoms. The topological polar surface area (TPSA) is 30.5 Å². The van der Waals surface area contributed by atoms with Crippen LogP contribution in [0.3, 0.4) is 0 Å². The van der Waals surface area contributed by atoms with Gasteiger partial charge < -0.3 is 14.8 Å². The first-order valence-electron chi connectivity index (χ1n) is 7.33. The summed E-state index contributed by atoms with van der Waals surface area (Å²) < 4.78 is 11.5. The van der Waals surface area contributed by atoms with Crippen molar-refractivity contribution in [3.63, 3.8) is 0 Å². The minimum atomic E-state index is 0.481. The van der Waals surface area contributed by atoms with Crippen molar-refractivity contribution < 1.29 is 9.47 Å². The monoisotopic (exact) mass is 241 g/mol. The Bertz CT molecular complexity index is 198. The normalized spacial score (nSPS) is 32.3. The lowest BCUT2D eigenvalue weighted by Crippen LogP contribution is -2.43. The molecule has 3 nitrogen and oxygen atoms in total. The van der Waals surface area contributed by atoms with E-state index in [9.17, 15) is 0 Å². The predicted molar refractivity (Wildman–Crippen MR) is 69.2 cm³/mol.